The van der Waals surface area contributed by atoms with Gasteiger partial charge in [0, 0.05) is 11.3 Å². The van der Waals surface area contributed by atoms with Crippen LogP contribution in [0.15, 0.2) is 36.4 Å². The number of benzene rings is 2. The molecule has 0 spiro atoms. The van der Waals surface area contributed by atoms with E-state index in [1.807, 2.05) is 13.0 Å². The van der Waals surface area contributed by atoms with Crippen molar-refractivity contribution in [3.05, 3.63) is 58.7 Å². The Kier molecular flexibility index (Phi) is 4.51. The second kappa shape index (κ2) is 6.35. The van der Waals surface area contributed by atoms with Gasteiger partial charge in [0.05, 0.1) is 12.7 Å². The quantitative estimate of drug-likeness (QED) is 0.514. The van der Waals surface area contributed by atoms with E-state index in [2.05, 4.69) is 0 Å². The summed E-state index contributed by atoms with van der Waals surface area (Å²) >= 11 is 0. The number of nitrogens with two attached hydrogens (primary N) is 1. The van der Waals surface area contributed by atoms with Crippen LogP contribution in [-0.4, -0.2) is 18.0 Å². The first kappa shape index (κ1) is 15.6. The minimum absolute atomic E-state index is 0.115. The van der Waals surface area contributed by atoms with Gasteiger partial charge in [-0.3, -0.25) is 4.79 Å². The van der Waals surface area contributed by atoms with Gasteiger partial charge in [0.2, 0.25) is 0 Å². The van der Waals surface area contributed by atoms with Crippen molar-refractivity contribution in [3.63, 3.8) is 0 Å². The molecule has 0 aliphatic rings. The first-order chi connectivity index (χ1) is 10.4. The highest BCUT2D eigenvalue weighted by Gasteiger charge is 2.12. The van der Waals surface area contributed by atoms with Gasteiger partial charge in [0.25, 0.3) is 0 Å². The van der Waals surface area contributed by atoms with Gasteiger partial charge in [-0.2, -0.15) is 0 Å². The lowest BCUT2D eigenvalue weighted by atomic mass is 10.0. The van der Waals surface area contributed by atoms with E-state index in [0.717, 1.165) is 11.1 Å². The molecule has 3 N–H and O–H groups in total. The van der Waals surface area contributed by atoms with E-state index < -0.39 is 0 Å². The first-order valence-corrected chi connectivity index (χ1v) is 6.89. The van der Waals surface area contributed by atoms with Gasteiger partial charge >= 0.3 is 0 Å². The number of allylic oxidation sites excluding steroid dienone is 1. The minimum atomic E-state index is -0.166. The molecule has 0 atom stereocenters. The largest absolute Gasteiger partial charge is 0.507 e. The number of ketones is 1. The number of phenols is 1. The Bertz CT molecular complexity index is 731. The number of carbonyl (C=O) groups is 1. The molecular formula is C18H19NO3. The summed E-state index contributed by atoms with van der Waals surface area (Å²) in [5, 5.41) is 10.2. The van der Waals surface area contributed by atoms with E-state index in [9.17, 15) is 9.90 Å². The summed E-state index contributed by atoms with van der Waals surface area (Å²) in [5.41, 5.74) is 8.88. The van der Waals surface area contributed by atoms with Crippen LogP contribution in [-0.2, 0) is 0 Å². The second-order valence-electron chi connectivity index (χ2n) is 5.13. The van der Waals surface area contributed by atoms with Crippen LogP contribution in [0.1, 0.15) is 27.0 Å². The Balaban J connectivity index is 2.37. The monoisotopic (exact) mass is 297 g/mol. The summed E-state index contributed by atoms with van der Waals surface area (Å²) in [6, 6.07) is 8.53. The Morgan fingerprint density at radius 1 is 1.18 bits per heavy atom. The van der Waals surface area contributed by atoms with Crippen LogP contribution in [0.2, 0.25) is 0 Å². The lowest BCUT2D eigenvalue weighted by molar-refractivity contribution is 0.104. The molecule has 0 aliphatic carbocycles. The van der Waals surface area contributed by atoms with Gasteiger partial charge in [0.15, 0.2) is 5.78 Å². The van der Waals surface area contributed by atoms with Gasteiger partial charge in [-0.25, -0.2) is 0 Å². The third kappa shape index (κ3) is 3.11. The van der Waals surface area contributed by atoms with Gasteiger partial charge in [-0.1, -0.05) is 0 Å². The number of hydrogen-bond donors (Lipinski definition) is 2. The number of phenolic OH excluding ortho intramolecular Hbond substituents is 1. The third-order valence-corrected chi connectivity index (χ3v) is 3.47. The number of ether oxygens (including phenoxy) is 1. The van der Waals surface area contributed by atoms with Crippen LogP contribution >= 0.6 is 0 Å². The molecule has 0 saturated heterocycles. The van der Waals surface area contributed by atoms with Crippen LogP contribution in [0.3, 0.4) is 0 Å². The molecule has 0 amide bonds. The van der Waals surface area contributed by atoms with E-state index in [1.54, 1.807) is 37.3 Å². The number of methoxy groups -OCH3 is 1. The zero-order chi connectivity index (χ0) is 16.3. The number of carbonyl (C=O) groups excluding carboxylic acids is 1. The van der Waals surface area contributed by atoms with Crippen molar-refractivity contribution in [2.75, 3.05) is 12.8 Å². The summed E-state index contributed by atoms with van der Waals surface area (Å²) in [6.07, 6.45) is 2.99. The highest BCUT2D eigenvalue weighted by molar-refractivity contribution is 6.07. The predicted molar refractivity (Wildman–Crippen MR) is 88.4 cm³/mol. The Morgan fingerprint density at radius 2 is 1.82 bits per heavy atom. The summed E-state index contributed by atoms with van der Waals surface area (Å²) in [7, 11) is 1.54. The zero-order valence-electron chi connectivity index (χ0n) is 12.9. The van der Waals surface area contributed by atoms with Gasteiger partial charge in [0.1, 0.15) is 11.5 Å². The molecule has 2 rings (SSSR count). The molecule has 0 bridgehead atoms. The number of rotatable bonds is 4. The number of aryl methyl sites for hydroxylation is 2. The maximum atomic E-state index is 12.2. The van der Waals surface area contributed by atoms with Crippen molar-refractivity contribution in [1.82, 2.24) is 0 Å². The van der Waals surface area contributed by atoms with Crippen LogP contribution in [0.25, 0.3) is 6.08 Å². The summed E-state index contributed by atoms with van der Waals surface area (Å²) in [6.45, 7) is 3.70. The van der Waals surface area contributed by atoms with Crippen LogP contribution in [0, 0.1) is 13.8 Å². The van der Waals surface area contributed by atoms with E-state index in [0.29, 0.717) is 22.6 Å². The van der Waals surface area contributed by atoms with Crippen molar-refractivity contribution >= 4 is 17.5 Å². The number of hydrogen-bond acceptors (Lipinski definition) is 4. The molecule has 0 fully saturated rings. The number of nitrogen functional groups attached to an aromatic ring is 1. The maximum absolute atomic E-state index is 12.2. The Labute approximate surface area is 129 Å². The average molecular weight is 297 g/mol. The smallest absolute Gasteiger partial charge is 0.185 e. The molecule has 2 aromatic rings. The van der Waals surface area contributed by atoms with Gasteiger partial charge < -0.3 is 15.6 Å². The van der Waals surface area contributed by atoms with Crippen LogP contribution < -0.4 is 10.5 Å². The third-order valence-electron chi connectivity index (χ3n) is 3.47. The average Bonchev–Trinajstić information content (AvgIpc) is 2.49. The maximum Gasteiger partial charge on any atom is 0.185 e. The molecule has 0 unspecified atom stereocenters. The fourth-order valence-electron chi connectivity index (χ4n) is 2.32. The molecule has 2 aromatic carbocycles. The number of aromatic hydroxyl groups is 1. The highest BCUT2D eigenvalue weighted by atomic mass is 16.5. The van der Waals surface area contributed by atoms with E-state index in [-0.39, 0.29) is 11.5 Å². The van der Waals surface area contributed by atoms with Gasteiger partial charge in [-0.05, 0) is 67.5 Å². The summed E-state index contributed by atoms with van der Waals surface area (Å²) in [5.74, 6) is 0.508. The SMILES string of the molecule is COc1c(C)cc(C)c(O)c1C=CC(=O)c1ccc(N)cc1. The van der Waals surface area contributed by atoms with Crippen molar-refractivity contribution < 1.29 is 14.6 Å². The zero-order valence-corrected chi connectivity index (χ0v) is 12.9. The highest BCUT2D eigenvalue weighted by Crippen LogP contribution is 2.35. The normalized spacial score (nSPS) is 10.9. The molecule has 4 nitrogen and oxygen atoms in total. The van der Waals surface area contributed by atoms with E-state index >= 15 is 0 Å². The van der Waals surface area contributed by atoms with Crippen molar-refractivity contribution in [2.45, 2.75) is 13.8 Å². The molecule has 114 valence electrons. The fourth-order valence-corrected chi connectivity index (χ4v) is 2.32. The molecule has 0 heterocycles. The van der Waals surface area contributed by atoms with Crippen molar-refractivity contribution in [1.29, 1.82) is 0 Å². The molecule has 0 radical (unpaired) electrons. The van der Waals surface area contributed by atoms with E-state index in [4.69, 9.17) is 10.5 Å². The Hall–Kier alpha value is -2.75. The summed E-state index contributed by atoms with van der Waals surface area (Å²) < 4.78 is 5.33. The van der Waals surface area contributed by atoms with Crippen molar-refractivity contribution in [2.24, 2.45) is 0 Å². The molecule has 22 heavy (non-hydrogen) atoms. The van der Waals surface area contributed by atoms with Crippen molar-refractivity contribution in [3.8, 4) is 11.5 Å². The lowest BCUT2D eigenvalue weighted by Gasteiger charge is -2.12. The molecule has 4 heteroatoms. The molecule has 0 aromatic heterocycles. The second-order valence-corrected chi connectivity index (χ2v) is 5.13. The molecular weight excluding hydrogens is 278 g/mol. The molecule has 0 aliphatic heterocycles. The Morgan fingerprint density at radius 3 is 2.41 bits per heavy atom. The lowest BCUT2D eigenvalue weighted by Crippen LogP contribution is -1.96. The van der Waals surface area contributed by atoms with Gasteiger partial charge in [-0.15, -0.1) is 0 Å². The minimum Gasteiger partial charge on any atom is -0.507 e. The van der Waals surface area contributed by atoms with E-state index in [1.165, 1.54) is 13.2 Å². The standard InChI is InChI=1S/C18H19NO3/c1-11-10-12(2)18(22-3)15(17(11)21)8-9-16(20)13-4-6-14(19)7-5-13/h4-10,21H,19H2,1-3H3. The summed E-state index contributed by atoms with van der Waals surface area (Å²) in [4.78, 5) is 12.2. The number of anilines is 1. The van der Waals surface area contributed by atoms with Crippen LogP contribution in [0.4, 0.5) is 5.69 Å². The first-order valence-electron chi connectivity index (χ1n) is 6.89. The molecule has 0 saturated carbocycles. The van der Waals surface area contributed by atoms with Crippen LogP contribution in [0.5, 0.6) is 11.5 Å². The topological polar surface area (TPSA) is 72.5 Å². The fraction of sp³-hybridized carbons (Fsp3) is 0.167. The predicted octanol–water partition coefficient (Wildman–Crippen LogP) is 3.50.